The van der Waals surface area contributed by atoms with Gasteiger partial charge < -0.3 is 14.6 Å². The second kappa shape index (κ2) is 8.86. The Kier molecular flexibility index (Phi) is 6.06. The first kappa shape index (κ1) is 18.5. The van der Waals surface area contributed by atoms with Crippen molar-refractivity contribution in [2.75, 3.05) is 12.4 Å². The maximum Gasteiger partial charge on any atom is 0.339 e. The molecule has 0 saturated carbocycles. The molecule has 0 aliphatic heterocycles. The SMILES string of the molecule is C=CCn1c(-c2ccc(OC)cc2)cs/c1=N\NC(=O)Nc1ccccc1. The van der Waals surface area contributed by atoms with E-state index in [1.165, 1.54) is 11.3 Å². The molecular formula is C20H20N4O2S. The second-order valence-electron chi connectivity index (χ2n) is 5.58. The molecule has 0 bridgehead atoms. The van der Waals surface area contributed by atoms with Gasteiger partial charge >= 0.3 is 6.03 Å². The lowest BCUT2D eigenvalue weighted by Crippen LogP contribution is -2.28. The summed E-state index contributed by atoms with van der Waals surface area (Å²) in [7, 11) is 1.64. The lowest BCUT2D eigenvalue weighted by Gasteiger charge is -2.08. The number of carbonyl (C=O) groups is 1. The third kappa shape index (κ3) is 4.65. The molecule has 0 radical (unpaired) electrons. The summed E-state index contributed by atoms with van der Waals surface area (Å²) in [6, 6.07) is 16.6. The zero-order chi connectivity index (χ0) is 19.1. The van der Waals surface area contributed by atoms with Gasteiger partial charge in [-0.15, -0.1) is 23.0 Å². The van der Waals surface area contributed by atoms with Crippen molar-refractivity contribution in [1.82, 2.24) is 9.99 Å². The molecule has 0 aliphatic rings. The van der Waals surface area contributed by atoms with Crippen LogP contribution in [0.5, 0.6) is 5.75 Å². The Bertz CT molecular complexity index is 975. The van der Waals surface area contributed by atoms with Crippen molar-refractivity contribution in [2.24, 2.45) is 5.10 Å². The number of para-hydroxylation sites is 1. The van der Waals surface area contributed by atoms with E-state index in [4.69, 9.17) is 4.74 Å². The van der Waals surface area contributed by atoms with Gasteiger partial charge in [0.1, 0.15) is 5.75 Å². The summed E-state index contributed by atoms with van der Waals surface area (Å²) in [6.07, 6.45) is 1.79. The normalized spacial score (nSPS) is 11.1. The summed E-state index contributed by atoms with van der Waals surface area (Å²) in [5.41, 5.74) is 5.27. The van der Waals surface area contributed by atoms with E-state index in [9.17, 15) is 4.79 Å². The largest absolute Gasteiger partial charge is 0.497 e. The van der Waals surface area contributed by atoms with Gasteiger partial charge in [-0.3, -0.25) is 0 Å². The summed E-state index contributed by atoms with van der Waals surface area (Å²) in [5.74, 6) is 0.799. The van der Waals surface area contributed by atoms with Crippen molar-refractivity contribution >= 4 is 23.1 Å². The molecule has 1 heterocycles. The molecule has 27 heavy (non-hydrogen) atoms. The van der Waals surface area contributed by atoms with Gasteiger partial charge in [0.2, 0.25) is 4.80 Å². The summed E-state index contributed by atoms with van der Waals surface area (Å²) in [5, 5.41) is 8.98. The number of nitrogens with one attached hydrogen (secondary N) is 2. The van der Waals surface area contributed by atoms with Crippen molar-refractivity contribution in [1.29, 1.82) is 0 Å². The fourth-order valence-electron chi connectivity index (χ4n) is 2.50. The predicted octanol–water partition coefficient (Wildman–Crippen LogP) is 4.05. The van der Waals surface area contributed by atoms with Crippen LogP contribution < -0.4 is 20.3 Å². The first-order valence-corrected chi connectivity index (χ1v) is 9.18. The minimum atomic E-state index is -0.397. The van der Waals surface area contributed by atoms with Crippen molar-refractivity contribution in [2.45, 2.75) is 6.54 Å². The molecule has 138 valence electrons. The van der Waals surface area contributed by atoms with Gasteiger partial charge in [0.25, 0.3) is 0 Å². The van der Waals surface area contributed by atoms with Crippen LogP contribution in [0.15, 0.2) is 77.7 Å². The highest BCUT2D eigenvalue weighted by Gasteiger charge is 2.08. The van der Waals surface area contributed by atoms with E-state index in [1.807, 2.05) is 64.5 Å². The van der Waals surface area contributed by atoms with E-state index in [-0.39, 0.29) is 0 Å². The number of ether oxygens (including phenoxy) is 1. The number of thiazole rings is 1. The molecule has 0 saturated heterocycles. The van der Waals surface area contributed by atoms with Gasteiger partial charge in [-0.2, -0.15) is 0 Å². The Morgan fingerprint density at radius 1 is 1.22 bits per heavy atom. The molecule has 0 fully saturated rings. The Hall–Kier alpha value is -3.32. The van der Waals surface area contributed by atoms with Crippen LogP contribution in [0.1, 0.15) is 0 Å². The van der Waals surface area contributed by atoms with Crippen molar-refractivity contribution in [3.63, 3.8) is 0 Å². The second-order valence-corrected chi connectivity index (χ2v) is 6.41. The number of amides is 2. The van der Waals surface area contributed by atoms with Gasteiger partial charge in [-0.25, -0.2) is 10.2 Å². The highest BCUT2D eigenvalue weighted by atomic mass is 32.1. The lowest BCUT2D eigenvalue weighted by molar-refractivity contribution is 0.252. The lowest BCUT2D eigenvalue weighted by atomic mass is 10.1. The first-order chi connectivity index (χ1) is 13.2. The molecule has 3 aromatic rings. The van der Waals surface area contributed by atoms with E-state index >= 15 is 0 Å². The van der Waals surface area contributed by atoms with Gasteiger partial charge in [0.05, 0.1) is 12.8 Å². The van der Waals surface area contributed by atoms with Crippen LogP contribution in [0, 0.1) is 0 Å². The molecule has 0 atom stereocenters. The molecule has 1 aromatic heterocycles. The van der Waals surface area contributed by atoms with E-state index < -0.39 is 6.03 Å². The number of hydrogen-bond donors (Lipinski definition) is 2. The standard InChI is InChI=1S/C20H20N4O2S/c1-3-13-24-18(15-9-11-17(26-2)12-10-15)14-27-20(24)23-22-19(25)21-16-7-5-4-6-8-16/h3-12,14H,1,13H2,2H3,(H2,21,22,25)/b23-20-. The Morgan fingerprint density at radius 3 is 2.63 bits per heavy atom. The molecule has 7 heteroatoms. The molecule has 0 unspecified atom stereocenters. The highest BCUT2D eigenvalue weighted by Crippen LogP contribution is 2.23. The van der Waals surface area contributed by atoms with Crippen LogP contribution in [-0.2, 0) is 6.54 Å². The maximum absolute atomic E-state index is 12.0. The molecular weight excluding hydrogens is 360 g/mol. The van der Waals surface area contributed by atoms with Crippen LogP contribution in [-0.4, -0.2) is 17.7 Å². The van der Waals surface area contributed by atoms with Gasteiger partial charge in [-0.05, 0) is 42.0 Å². The molecule has 6 nitrogen and oxygen atoms in total. The fourth-order valence-corrected chi connectivity index (χ4v) is 3.37. The van der Waals surface area contributed by atoms with Gasteiger partial charge in [0, 0.05) is 17.6 Å². The Balaban J connectivity index is 1.82. The number of allylic oxidation sites excluding steroid dienone is 1. The van der Waals surface area contributed by atoms with Crippen LogP contribution in [0.2, 0.25) is 0 Å². The number of anilines is 1. The summed E-state index contributed by atoms with van der Waals surface area (Å²) in [4.78, 5) is 12.7. The number of carbonyl (C=O) groups excluding carboxylic acids is 1. The number of benzene rings is 2. The minimum Gasteiger partial charge on any atom is -0.497 e. The predicted molar refractivity (Wildman–Crippen MR) is 109 cm³/mol. The highest BCUT2D eigenvalue weighted by molar-refractivity contribution is 7.07. The summed E-state index contributed by atoms with van der Waals surface area (Å²) >= 11 is 1.44. The number of hydrogen-bond acceptors (Lipinski definition) is 4. The van der Waals surface area contributed by atoms with Gasteiger partial charge in [-0.1, -0.05) is 24.3 Å². The van der Waals surface area contributed by atoms with Crippen LogP contribution in [0.25, 0.3) is 11.3 Å². The maximum atomic E-state index is 12.0. The van der Waals surface area contributed by atoms with Crippen LogP contribution in [0.4, 0.5) is 10.5 Å². The van der Waals surface area contributed by atoms with Crippen LogP contribution in [0.3, 0.4) is 0 Å². The quantitative estimate of drug-likeness (QED) is 0.500. The van der Waals surface area contributed by atoms with E-state index in [2.05, 4.69) is 22.4 Å². The monoisotopic (exact) mass is 380 g/mol. The minimum absolute atomic E-state index is 0.397. The number of urea groups is 1. The number of rotatable bonds is 6. The van der Waals surface area contributed by atoms with E-state index in [0.717, 1.165) is 17.0 Å². The Morgan fingerprint density at radius 2 is 1.96 bits per heavy atom. The zero-order valence-electron chi connectivity index (χ0n) is 14.9. The van der Waals surface area contributed by atoms with Gasteiger partial charge in [0.15, 0.2) is 0 Å². The number of methoxy groups -OCH3 is 1. The van der Waals surface area contributed by atoms with Crippen molar-refractivity contribution < 1.29 is 9.53 Å². The molecule has 2 amide bonds. The molecule has 0 spiro atoms. The number of aromatic nitrogens is 1. The molecule has 2 aromatic carbocycles. The summed E-state index contributed by atoms with van der Waals surface area (Å²) in [6.45, 7) is 4.39. The first-order valence-electron chi connectivity index (χ1n) is 8.30. The van der Waals surface area contributed by atoms with E-state index in [1.54, 1.807) is 13.2 Å². The molecule has 0 aliphatic carbocycles. The molecule has 2 N–H and O–H groups in total. The Labute approximate surface area is 161 Å². The number of nitrogens with zero attached hydrogens (tertiary/aromatic N) is 2. The smallest absolute Gasteiger partial charge is 0.339 e. The van der Waals surface area contributed by atoms with Crippen molar-refractivity contribution in [3.05, 3.63) is 77.4 Å². The van der Waals surface area contributed by atoms with E-state index in [0.29, 0.717) is 17.0 Å². The van der Waals surface area contributed by atoms with Crippen molar-refractivity contribution in [3.8, 4) is 17.0 Å². The average molecular weight is 380 g/mol. The molecule has 3 rings (SSSR count). The topological polar surface area (TPSA) is 67.6 Å². The average Bonchev–Trinajstić information content (AvgIpc) is 3.10. The summed E-state index contributed by atoms with van der Waals surface area (Å²) < 4.78 is 7.20. The zero-order valence-corrected chi connectivity index (χ0v) is 15.7. The third-order valence-corrected chi connectivity index (χ3v) is 4.64. The fraction of sp³-hybridized carbons (Fsp3) is 0.100. The third-order valence-electron chi connectivity index (χ3n) is 3.78. The van der Waals surface area contributed by atoms with Crippen LogP contribution >= 0.6 is 11.3 Å².